The number of benzene rings is 2. The Morgan fingerprint density at radius 3 is 2.38 bits per heavy atom. The molecule has 8 heteroatoms. The zero-order valence-electron chi connectivity index (χ0n) is 12.8. The van der Waals surface area contributed by atoms with Crippen molar-refractivity contribution in [2.45, 2.75) is 18.4 Å². The molecule has 0 aliphatic carbocycles. The maximum Gasteiger partial charge on any atom is 0.314 e. The molecule has 0 radical (unpaired) electrons. The molecule has 124 valence electrons. The number of sulfonamides is 1. The minimum atomic E-state index is -3.75. The second-order valence-electron chi connectivity index (χ2n) is 5.43. The zero-order valence-corrected chi connectivity index (χ0v) is 13.6. The Bertz CT molecular complexity index is 1130. The predicted molar refractivity (Wildman–Crippen MR) is 90.4 cm³/mol. The third kappa shape index (κ3) is 3.29. The molecule has 0 fully saturated rings. The summed E-state index contributed by atoms with van der Waals surface area (Å²) in [6, 6.07) is 11.6. The fourth-order valence-corrected chi connectivity index (χ4v) is 3.39. The van der Waals surface area contributed by atoms with Crippen LogP contribution in [0.1, 0.15) is 11.1 Å². The van der Waals surface area contributed by atoms with Crippen LogP contribution in [0.25, 0.3) is 11.0 Å². The standard InChI is InChI=1S/C16H15N3O4S/c1-10-3-2-4-11(7-10)9-17-24(22,23)12-5-6-13-14(8-12)19-16(21)15(20)18-13/h2-8,17H,9H2,1H3,(H,18,20)(H,19,21). The van der Waals surface area contributed by atoms with E-state index in [9.17, 15) is 18.0 Å². The van der Waals surface area contributed by atoms with Gasteiger partial charge < -0.3 is 9.97 Å². The summed E-state index contributed by atoms with van der Waals surface area (Å²) < 4.78 is 27.3. The molecule has 3 rings (SSSR count). The smallest absolute Gasteiger partial charge is 0.314 e. The van der Waals surface area contributed by atoms with Crippen molar-refractivity contribution in [1.29, 1.82) is 0 Å². The Balaban J connectivity index is 1.91. The van der Waals surface area contributed by atoms with Crippen LogP contribution in [-0.4, -0.2) is 18.4 Å². The number of hydrogen-bond donors (Lipinski definition) is 3. The van der Waals surface area contributed by atoms with Gasteiger partial charge in [-0.2, -0.15) is 0 Å². The van der Waals surface area contributed by atoms with Gasteiger partial charge in [-0.15, -0.1) is 0 Å². The highest BCUT2D eigenvalue weighted by atomic mass is 32.2. The third-order valence-electron chi connectivity index (χ3n) is 3.55. The van der Waals surface area contributed by atoms with E-state index in [4.69, 9.17) is 0 Å². The van der Waals surface area contributed by atoms with E-state index in [1.165, 1.54) is 18.2 Å². The molecule has 0 saturated heterocycles. The number of aromatic nitrogens is 2. The molecule has 0 saturated carbocycles. The molecule has 1 heterocycles. The Morgan fingerprint density at radius 2 is 1.67 bits per heavy atom. The molecule has 0 unspecified atom stereocenters. The van der Waals surface area contributed by atoms with E-state index >= 15 is 0 Å². The minimum Gasteiger partial charge on any atom is -0.316 e. The SMILES string of the molecule is Cc1cccc(CNS(=O)(=O)c2ccc3[nH]c(=O)c(=O)[nH]c3c2)c1. The molecule has 0 aliphatic rings. The van der Waals surface area contributed by atoms with Crippen molar-refractivity contribution < 1.29 is 8.42 Å². The van der Waals surface area contributed by atoms with Crippen LogP contribution in [0.3, 0.4) is 0 Å². The van der Waals surface area contributed by atoms with Crippen LogP contribution in [0.15, 0.2) is 56.9 Å². The van der Waals surface area contributed by atoms with Crippen molar-refractivity contribution in [2.75, 3.05) is 0 Å². The van der Waals surface area contributed by atoms with Crippen molar-refractivity contribution in [3.05, 3.63) is 74.3 Å². The summed E-state index contributed by atoms with van der Waals surface area (Å²) in [5, 5.41) is 0. The van der Waals surface area contributed by atoms with Crippen LogP contribution < -0.4 is 15.8 Å². The van der Waals surface area contributed by atoms with Gasteiger partial charge in [-0.05, 0) is 30.7 Å². The van der Waals surface area contributed by atoms with Crippen molar-refractivity contribution >= 4 is 21.1 Å². The molecule has 3 aromatic rings. The fourth-order valence-electron chi connectivity index (χ4n) is 2.34. The molecule has 0 amide bonds. The molecule has 2 aromatic carbocycles. The molecule has 3 N–H and O–H groups in total. The van der Waals surface area contributed by atoms with Gasteiger partial charge in [-0.1, -0.05) is 29.8 Å². The normalized spacial score (nSPS) is 11.7. The van der Waals surface area contributed by atoms with Crippen LogP contribution in [0, 0.1) is 6.92 Å². The molecule has 0 bridgehead atoms. The van der Waals surface area contributed by atoms with E-state index in [1.807, 2.05) is 31.2 Å². The van der Waals surface area contributed by atoms with Gasteiger partial charge in [0.05, 0.1) is 15.9 Å². The van der Waals surface area contributed by atoms with Crippen molar-refractivity contribution in [3.63, 3.8) is 0 Å². The third-order valence-corrected chi connectivity index (χ3v) is 4.95. The number of nitrogens with one attached hydrogen (secondary N) is 3. The summed E-state index contributed by atoms with van der Waals surface area (Å²) in [7, 11) is -3.75. The van der Waals surface area contributed by atoms with Crippen LogP contribution in [0.2, 0.25) is 0 Å². The Kier molecular flexibility index (Phi) is 4.08. The lowest BCUT2D eigenvalue weighted by Crippen LogP contribution is -2.29. The van der Waals surface area contributed by atoms with Crippen molar-refractivity contribution in [1.82, 2.24) is 14.7 Å². The molecule has 7 nitrogen and oxygen atoms in total. The number of rotatable bonds is 4. The maximum absolute atomic E-state index is 12.4. The fraction of sp³-hybridized carbons (Fsp3) is 0.125. The lowest BCUT2D eigenvalue weighted by molar-refractivity contribution is 0.581. The summed E-state index contributed by atoms with van der Waals surface area (Å²) in [5.41, 5.74) is 0.881. The average molecular weight is 345 g/mol. The van der Waals surface area contributed by atoms with Crippen molar-refractivity contribution in [2.24, 2.45) is 0 Å². The predicted octanol–water partition coefficient (Wildman–Crippen LogP) is 1.00. The first-order valence-corrected chi connectivity index (χ1v) is 8.65. The summed E-state index contributed by atoms with van der Waals surface area (Å²) in [5.74, 6) is 0. The second kappa shape index (κ2) is 6.06. The largest absolute Gasteiger partial charge is 0.316 e. The summed E-state index contributed by atoms with van der Waals surface area (Å²) in [6.45, 7) is 2.09. The number of aryl methyl sites for hydroxylation is 1. The van der Waals surface area contributed by atoms with E-state index in [1.54, 1.807) is 0 Å². The van der Waals surface area contributed by atoms with Gasteiger partial charge in [0.1, 0.15) is 0 Å². The molecule has 0 atom stereocenters. The van der Waals surface area contributed by atoms with E-state index in [0.29, 0.717) is 5.52 Å². The quantitative estimate of drug-likeness (QED) is 0.612. The van der Waals surface area contributed by atoms with Gasteiger partial charge in [-0.3, -0.25) is 9.59 Å². The highest BCUT2D eigenvalue weighted by Crippen LogP contribution is 2.15. The van der Waals surface area contributed by atoms with Gasteiger partial charge in [0, 0.05) is 6.54 Å². The molecule has 24 heavy (non-hydrogen) atoms. The Labute approximate surface area is 137 Å². The monoisotopic (exact) mass is 345 g/mol. The van der Waals surface area contributed by atoms with Crippen molar-refractivity contribution in [3.8, 4) is 0 Å². The topological polar surface area (TPSA) is 112 Å². The lowest BCUT2D eigenvalue weighted by atomic mass is 10.1. The van der Waals surface area contributed by atoms with Gasteiger partial charge in [0.2, 0.25) is 10.0 Å². The maximum atomic E-state index is 12.4. The van der Waals surface area contributed by atoms with Crippen LogP contribution in [0.5, 0.6) is 0 Å². The number of fused-ring (bicyclic) bond motifs is 1. The summed E-state index contributed by atoms with van der Waals surface area (Å²) >= 11 is 0. The summed E-state index contributed by atoms with van der Waals surface area (Å²) in [4.78, 5) is 27.4. The van der Waals surface area contributed by atoms with E-state index in [2.05, 4.69) is 14.7 Å². The average Bonchev–Trinajstić information content (AvgIpc) is 2.54. The first-order valence-electron chi connectivity index (χ1n) is 7.17. The Hall–Kier alpha value is -2.71. The van der Waals surface area contributed by atoms with E-state index in [-0.39, 0.29) is 17.0 Å². The second-order valence-corrected chi connectivity index (χ2v) is 7.20. The zero-order chi connectivity index (χ0) is 17.3. The molecule has 1 aromatic heterocycles. The minimum absolute atomic E-state index is 0.00496. The van der Waals surface area contributed by atoms with E-state index < -0.39 is 21.1 Å². The highest BCUT2D eigenvalue weighted by Gasteiger charge is 2.15. The van der Waals surface area contributed by atoms with Gasteiger partial charge in [0.15, 0.2) is 0 Å². The van der Waals surface area contributed by atoms with Crippen LogP contribution >= 0.6 is 0 Å². The lowest BCUT2D eigenvalue weighted by Gasteiger charge is -2.08. The van der Waals surface area contributed by atoms with Gasteiger partial charge >= 0.3 is 11.1 Å². The number of H-pyrrole nitrogens is 2. The summed E-state index contributed by atoms with van der Waals surface area (Å²) in [6.07, 6.45) is 0. The Morgan fingerprint density at radius 1 is 0.958 bits per heavy atom. The number of hydrogen-bond acceptors (Lipinski definition) is 4. The molecular weight excluding hydrogens is 330 g/mol. The van der Waals surface area contributed by atoms with Gasteiger partial charge in [-0.25, -0.2) is 13.1 Å². The van der Waals surface area contributed by atoms with Crippen LogP contribution in [0.4, 0.5) is 0 Å². The molecule has 0 aliphatic heterocycles. The van der Waals surface area contributed by atoms with Gasteiger partial charge in [0.25, 0.3) is 0 Å². The first kappa shape index (κ1) is 16.2. The molecule has 0 spiro atoms. The first-order chi connectivity index (χ1) is 11.3. The molecular formula is C16H15N3O4S. The highest BCUT2D eigenvalue weighted by molar-refractivity contribution is 7.89. The van der Waals surface area contributed by atoms with Crippen LogP contribution in [-0.2, 0) is 16.6 Å². The van der Waals surface area contributed by atoms with E-state index in [0.717, 1.165) is 11.1 Å². The number of aromatic amines is 2.